The third-order valence-corrected chi connectivity index (χ3v) is 2.43. The van der Waals surface area contributed by atoms with Crippen LogP contribution in [-0.4, -0.2) is 34.3 Å². The fraction of sp³-hybridized carbons (Fsp3) is 0.667. The molecule has 0 radical (unpaired) electrons. The molecule has 0 saturated carbocycles. The van der Waals surface area contributed by atoms with E-state index in [-0.39, 0.29) is 6.61 Å². The van der Waals surface area contributed by atoms with Crippen molar-refractivity contribution in [3.05, 3.63) is 17.6 Å². The van der Waals surface area contributed by atoms with E-state index < -0.39 is 0 Å². The fourth-order valence-corrected chi connectivity index (χ4v) is 1.72. The lowest BCUT2D eigenvalue weighted by molar-refractivity contribution is 0.288. The van der Waals surface area contributed by atoms with E-state index >= 15 is 0 Å². The zero-order valence-electron chi connectivity index (χ0n) is 10.6. The molecule has 0 spiro atoms. The van der Waals surface area contributed by atoms with Crippen molar-refractivity contribution in [2.75, 3.05) is 18.1 Å². The molecule has 16 heavy (non-hydrogen) atoms. The van der Waals surface area contributed by atoms with Gasteiger partial charge in [-0.25, -0.2) is 9.97 Å². The molecule has 0 bridgehead atoms. The van der Waals surface area contributed by atoms with Gasteiger partial charge in [-0.15, -0.1) is 0 Å². The largest absolute Gasteiger partial charge is 0.396 e. The van der Waals surface area contributed by atoms with E-state index in [4.69, 9.17) is 5.11 Å². The molecule has 1 heterocycles. The van der Waals surface area contributed by atoms with Gasteiger partial charge in [-0.05, 0) is 34.1 Å². The Labute approximate surface area is 97.3 Å². The number of nitrogens with zero attached hydrogens (tertiary/aromatic N) is 3. The predicted octanol–water partition coefficient (Wildman–Crippen LogP) is 1.69. The molecule has 0 amide bonds. The first-order valence-corrected chi connectivity index (χ1v) is 5.74. The maximum Gasteiger partial charge on any atom is 0.132 e. The Morgan fingerprint density at radius 1 is 1.31 bits per heavy atom. The average Bonchev–Trinajstić information content (AvgIpc) is 2.16. The summed E-state index contributed by atoms with van der Waals surface area (Å²) in [5.74, 6) is 1.75. The van der Waals surface area contributed by atoms with E-state index in [1.807, 2.05) is 19.9 Å². The van der Waals surface area contributed by atoms with Crippen LogP contribution in [0, 0.1) is 13.8 Å². The lowest BCUT2D eigenvalue weighted by Gasteiger charge is -2.28. The molecule has 0 aliphatic heterocycles. The van der Waals surface area contributed by atoms with E-state index in [0.717, 1.165) is 30.3 Å². The standard InChI is InChI=1S/C12H21N3O/c1-9(2)15(6-5-7-16)12-8-10(3)13-11(4)14-12/h8-9,16H,5-7H2,1-4H3. The summed E-state index contributed by atoms with van der Waals surface area (Å²) < 4.78 is 0. The lowest BCUT2D eigenvalue weighted by atomic mass is 10.2. The number of hydrogen-bond acceptors (Lipinski definition) is 4. The van der Waals surface area contributed by atoms with E-state index in [9.17, 15) is 0 Å². The van der Waals surface area contributed by atoms with Crippen LogP contribution >= 0.6 is 0 Å². The molecule has 1 aromatic rings. The minimum absolute atomic E-state index is 0.215. The molecule has 1 rings (SSSR count). The number of aliphatic hydroxyl groups is 1. The first-order valence-electron chi connectivity index (χ1n) is 5.74. The van der Waals surface area contributed by atoms with E-state index in [1.54, 1.807) is 0 Å². The summed E-state index contributed by atoms with van der Waals surface area (Å²) >= 11 is 0. The van der Waals surface area contributed by atoms with Gasteiger partial charge >= 0.3 is 0 Å². The summed E-state index contributed by atoms with van der Waals surface area (Å²) in [6.07, 6.45) is 0.764. The number of aliphatic hydroxyl groups excluding tert-OH is 1. The highest BCUT2D eigenvalue weighted by Crippen LogP contribution is 2.15. The molecule has 1 N–H and O–H groups in total. The molecule has 0 aliphatic carbocycles. The van der Waals surface area contributed by atoms with Crippen molar-refractivity contribution in [1.29, 1.82) is 0 Å². The monoisotopic (exact) mass is 223 g/mol. The van der Waals surface area contributed by atoms with Crippen LogP contribution in [0.1, 0.15) is 31.8 Å². The van der Waals surface area contributed by atoms with Crippen LogP contribution in [-0.2, 0) is 0 Å². The molecule has 4 heteroatoms. The van der Waals surface area contributed by atoms with Crippen LogP contribution in [0.15, 0.2) is 6.07 Å². The third-order valence-electron chi connectivity index (χ3n) is 2.43. The molecule has 4 nitrogen and oxygen atoms in total. The Bertz CT molecular complexity index is 319. The minimum atomic E-state index is 0.215. The summed E-state index contributed by atoms with van der Waals surface area (Å²) in [4.78, 5) is 10.9. The van der Waals surface area contributed by atoms with Crippen LogP contribution < -0.4 is 4.90 Å². The Morgan fingerprint density at radius 3 is 2.50 bits per heavy atom. The van der Waals surface area contributed by atoms with E-state index in [1.165, 1.54) is 0 Å². The van der Waals surface area contributed by atoms with Crippen LogP contribution in [0.3, 0.4) is 0 Å². The fourth-order valence-electron chi connectivity index (χ4n) is 1.72. The van der Waals surface area contributed by atoms with Crippen molar-refractivity contribution >= 4 is 5.82 Å². The topological polar surface area (TPSA) is 49.2 Å². The molecule has 0 aromatic carbocycles. The van der Waals surface area contributed by atoms with Gasteiger partial charge < -0.3 is 10.0 Å². The van der Waals surface area contributed by atoms with Crippen molar-refractivity contribution in [2.24, 2.45) is 0 Å². The number of anilines is 1. The average molecular weight is 223 g/mol. The van der Waals surface area contributed by atoms with Crippen LogP contribution in [0.4, 0.5) is 5.82 Å². The number of rotatable bonds is 5. The van der Waals surface area contributed by atoms with Crippen LogP contribution in [0.25, 0.3) is 0 Å². The lowest BCUT2D eigenvalue weighted by Crippen LogP contribution is -2.33. The van der Waals surface area contributed by atoms with Gasteiger partial charge in [-0.1, -0.05) is 0 Å². The van der Waals surface area contributed by atoms with Gasteiger partial charge in [0.1, 0.15) is 11.6 Å². The normalized spacial score (nSPS) is 10.9. The number of hydrogen-bond donors (Lipinski definition) is 1. The van der Waals surface area contributed by atoms with Crippen LogP contribution in [0.5, 0.6) is 0 Å². The highest BCUT2D eigenvalue weighted by atomic mass is 16.3. The second-order valence-electron chi connectivity index (χ2n) is 4.28. The Hall–Kier alpha value is -1.16. The summed E-state index contributed by atoms with van der Waals surface area (Å²) in [7, 11) is 0. The molecule has 0 aliphatic rings. The van der Waals surface area contributed by atoms with Gasteiger partial charge in [0, 0.05) is 31.0 Å². The van der Waals surface area contributed by atoms with Gasteiger partial charge in [0.25, 0.3) is 0 Å². The molecule has 1 aromatic heterocycles. The number of aromatic nitrogens is 2. The molecular formula is C12H21N3O. The molecule has 0 saturated heterocycles. The second kappa shape index (κ2) is 5.80. The van der Waals surface area contributed by atoms with Gasteiger partial charge in [-0.2, -0.15) is 0 Å². The molecule has 0 atom stereocenters. The maximum absolute atomic E-state index is 8.89. The summed E-state index contributed by atoms with van der Waals surface area (Å²) in [5, 5.41) is 8.89. The van der Waals surface area contributed by atoms with Gasteiger partial charge in [0.15, 0.2) is 0 Å². The molecule has 0 fully saturated rings. The van der Waals surface area contributed by atoms with E-state index in [0.29, 0.717) is 6.04 Å². The van der Waals surface area contributed by atoms with Gasteiger partial charge in [-0.3, -0.25) is 0 Å². The summed E-state index contributed by atoms with van der Waals surface area (Å²) in [6.45, 7) is 9.18. The predicted molar refractivity (Wildman–Crippen MR) is 65.7 cm³/mol. The first kappa shape index (κ1) is 12.9. The molecule has 0 unspecified atom stereocenters. The van der Waals surface area contributed by atoms with Crippen molar-refractivity contribution < 1.29 is 5.11 Å². The molecular weight excluding hydrogens is 202 g/mol. The quantitative estimate of drug-likeness (QED) is 0.825. The number of aryl methyl sites for hydroxylation is 2. The second-order valence-corrected chi connectivity index (χ2v) is 4.28. The van der Waals surface area contributed by atoms with Crippen molar-refractivity contribution in [2.45, 2.75) is 40.2 Å². The Balaban J connectivity index is 2.91. The smallest absolute Gasteiger partial charge is 0.132 e. The van der Waals surface area contributed by atoms with Gasteiger partial charge in [0.05, 0.1) is 0 Å². The third kappa shape index (κ3) is 3.45. The summed E-state index contributed by atoms with van der Waals surface area (Å²) in [5.41, 5.74) is 0.983. The summed E-state index contributed by atoms with van der Waals surface area (Å²) in [6, 6.07) is 2.37. The van der Waals surface area contributed by atoms with Crippen molar-refractivity contribution in [1.82, 2.24) is 9.97 Å². The van der Waals surface area contributed by atoms with E-state index in [2.05, 4.69) is 28.7 Å². The Kier molecular flexibility index (Phi) is 4.68. The highest BCUT2D eigenvalue weighted by Gasteiger charge is 2.12. The van der Waals surface area contributed by atoms with Crippen LogP contribution in [0.2, 0.25) is 0 Å². The zero-order valence-corrected chi connectivity index (χ0v) is 10.6. The van der Waals surface area contributed by atoms with Crippen molar-refractivity contribution in [3.63, 3.8) is 0 Å². The van der Waals surface area contributed by atoms with Crippen molar-refractivity contribution in [3.8, 4) is 0 Å². The highest BCUT2D eigenvalue weighted by molar-refractivity contribution is 5.40. The first-order chi connectivity index (χ1) is 7.54. The Morgan fingerprint density at radius 2 is 2.00 bits per heavy atom. The molecule has 90 valence electrons. The maximum atomic E-state index is 8.89. The SMILES string of the molecule is Cc1cc(N(CCCO)C(C)C)nc(C)n1. The zero-order chi connectivity index (χ0) is 12.1. The van der Waals surface area contributed by atoms with Gasteiger partial charge in [0.2, 0.25) is 0 Å². The minimum Gasteiger partial charge on any atom is -0.396 e.